The first kappa shape index (κ1) is 22.8. The number of amides is 2. The summed E-state index contributed by atoms with van der Waals surface area (Å²) in [5.74, 6) is 0.655. The van der Waals surface area contributed by atoms with E-state index in [2.05, 4.69) is 5.32 Å². The van der Waals surface area contributed by atoms with Crippen molar-refractivity contribution in [3.05, 3.63) is 66.0 Å². The molecule has 3 aromatic rings. The van der Waals surface area contributed by atoms with Crippen molar-refractivity contribution in [1.82, 2.24) is 20.0 Å². The first-order valence-corrected chi connectivity index (χ1v) is 11.2. The van der Waals surface area contributed by atoms with Gasteiger partial charge in [0.2, 0.25) is 5.88 Å². The zero-order valence-corrected chi connectivity index (χ0v) is 19.0. The van der Waals surface area contributed by atoms with Crippen molar-refractivity contribution in [3.63, 3.8) is 0 Å². The van der Waals surface area contributed by atoms with Gasteiger partial charge in [-0.25, -0.2) is 13.9 Å². The maximum absolute atomic E-state index is 13.4. The summed E-state index contributed by atoms with van der Waals surface area (Å²) in [5.41, 5.74) is 2.43. The van der Waals surface area contributed by atoms with Crippen LogP contribution in [0, 0.1) is 5.82 Å². The third-order valence-electron chi connectivity index (χ3n) is 5.58. The molecule has 1 aliphatic rings. The maximum Gasteiger partial charge on any atom is 0.317 e. The van der Waals surface area contributed by atoms with E-state index in [4.69, 9.17) is 14.6 Å². The number of carbonyl (C=O) groups is 1. The van der Waals surface area contributed by atoms with Gasteiger partial charge in [0.05, 0.1) is 18.2 Å². The molecule has 1 fully saturated rings. The first-order valence-electron chi connectivity index (χ1n) is 11.2. The highest BCUT2D eigenvalue weighted by Gasteiger charge is 2.27. The Morgan fingerprint density at radius 2 is 2.00 bits per heavy atom. The zero-order chi connectivity index (χ0) is 23.2. The lowest BCUT2D eigenvalue weighted by atomic mass is 10.1. The van der Waals surface area contributed by atoms with Gasteiger partial charge in [0.25, 0.3) is 0 Å². The lowest BCUT2D eigenvalue weighted by Crippen LogP contribution is -2.43. The normalized spacial score (nSPS) is 15.4. The summed E-state index contributed by atoms with van der Waals surface area (Å²) in [6.45, 7) is 3.91. The Bertz CT molecular complexity index is 1060. The van der Waals surface area contributed by atoms with E-state index in [-0.39, 0.29) is 18.0 Å². The maximum atomic E-state index is 13.4. The number of nitrogens with zero attached hydrogens (tertiary/aromatic N) is 3. The lowest BCUT2D eigenvalue weighted by Gasteiger charge is -2.26. The van der Waals surface area contributed by atoms with Gasteiger partial charge in [0.15, 0.2) is 0 Å². The molecule has 0 saturated carbocycles. The van der Waals surface area contributed by atoms with Crippen LogP contribution in [0.15, 0.2) is 54.6 Å². The number of benzene rings is 2. The fourth-order valence-corrected chi connectivity index (χ4v) is 3.97. The topological polar surface area (TPSA) is 68.6 Å². The molecular weight excluding hydrogens is 423 g/mol. The number of nitrogens with one attached hydrogen (secondary N) is 1. The van der Waals surface area contributed by atoms with Crippen LogP contribution in [-0.2, 0) is 18.3 Å². The minimum atomic E-state index is -0.337. The largest absolute Gasteiger partial charge is 0.439 e. The molecule has 2 amide bonds. The van der Waals surface area contributed by atoms with Gasteiger partial charge in [-0.05, 0) is 44.0 Å². The van der Waals surface area contributed by atoms with Gasteiger partial charge in [-0.1, -0.05) is 30.3 Å². The van der Waals surface area contributed by atoms with Crippen LogP contribution < -0.4 is 10.1 Å². The van der Waals surface area contributed by atoms with Crippen LogP contribution >= 0.6 is 0 Å². The smallest absolute Gasteiger partial charge is 0.317 e. The summed E-state index contributed by atoms with van der Waals surface area (Å²) in [6, 6.07) is 15.5. The van der Waals surface area contributed by atoms with Crippen LogP contribution in [0.4, 0.5) is 9.18 Å². The summed E-state index contributed by atoms with van der Waals surface area (Å²) < 4.78 is 27.0. The summed E-state index contributed by atoms with van der Waals surface area (Å²) >= 11 is 0. The highest BCUT2D eigenvalue weighted by atomic mass is 19.1. The Morgan fingerprint density at radius 3 is 2.67 bits per heavy atom. The number of aryl methyl sites for hydroxylation is 1. The number of carbonyl (C=O) groups excluding carboxylic acids is 1. The van der Waals surface area contributed by atoms with Crippen LogP contribution in [0.25, 0.3) is 11.3 Å². The van der Waals surface area contributed by atoms with Crippen LogP contribution in [-0.4, -0.2) is 46.5 Å². The van der Waals surface area contributed by atoms with Crippen molar-refractivity contribution < 1.29 is 18.7 Å². The molecular formula is C25H29FN4O3. The summed E-state index contributed by atoms with van der Waals surface area (Å²) in [5, 5.41) is 7.62. The molecule has 1 N–H and O–H groups in total. The fraction of sp³-hybridized carbons (Fsp3) is 0.360. The molecule has 1 aromatic heterocycles. The van der Waals surface area contributed by atoms with Gasteiger partial charge in [0.1, 0.15) is 17.3 Å². The van der Waals surface area contributed by atoms with Crippen molar-refractivity contribution in [2.45, 2.75) is 32.4 Å². The van der Waals surface area contributed by atoms with E-state index in [0.29, 0.717) is 31.3 Å². The van der Waals surface area contributed by atoms with Gasteiger partial charge < -0.3 is 19.7 Å². The number of urea groups is 1. The Labute approximate surface area is 193 Å². The highest BCUT2D eigenvalue weighted by molar-refractivity contribution is 5.75. The molecule has 0 aliphatic carbocycles. The Morgan fingerprint density at radius 1 is 1.24 bits per heavy atom. The van der Waals surface area contributed by atoms with Crippen molar-refractivity contribution in [2.24, 2.45) is 7.05 Å². The summed E-state index contributed by atoms with van der Waals surface area (Å²) in [7, 11) is 1.80. The molecule has 0 radical (unpaired) electrons. The Hall–Kier alpha value is -3.39. The second-order valence-electron chi connectivity index (χ2n) is 8.03. The van der Waals surface area contributed by atoms with Crippen LogP contribution in [0.2, 0.25) is 0 Å². The number of halogens is 1. The van der Waals surface area contributed by atoms with Crippen molar-refractivity contribution in [1.29, 1.82) is 0 Å². The first-order chi connectivity index (χ1) is 16.0. The molecule has 2 aromatic carbocycles. The summed E-state index contributed by atoms with van der Waals surface area (Å²) in [4.78, 5) is 14.7. The van der Waals surface area contributed by atoms with Gasteiger partial charge in [-0.3, -0.25) is 0 Å². The molecule has 1 saturated heterocycles. The van der Waals surface area contributed by atoms with Gasteiger partial charge in [-0.15, -0.1) is 0 Å². The molecule has 7 nitrogen and oxygen atoms in total. The Balaban J connectivity index is 1.72. The second-order valence-corrected chi connectivity index (χ2v) is 8.03. The molecule has 174 valence electrons. The quantitative estimate of drug-likeness (QED) is 0.537. The van der Waals surface area contributed by atoms with Crippen molar-refractivity contribution in [3.8, 4) is 22.9 Å². The van der Waals surface area contributed by atoms with Gasteiger partial charge in [-0.2, -0.15) is 5.10 Å². The van der Waals surface area contributed by atoms with Crippen LogP contribution in [0.5, 0.6) is 11.6 Å². The third-order valence-corrected chi connectivity index (χ3v) is 5.58. The number of hydrogen-bond donors (Lipinski definition) is 1. The van der Waals surface area contributed by atoms with E-state index in [1.54, 1.807) is 28.8 Å². The average molecular weight is 453 g/mol. The SMILES string of the molecule is CCNC(=O)N(Cc1c(-c2ccccc2)nn(C)c1Oc1ccc(F)cc1)C[C@H]1CCCO1. The zero-order valence-electron chi connectivity index (χ0n) is 19.0. The molecule has 0 unspecified atom stereocenters. The third kappa shape index (κ3) is 5.51. The molecule has 0 spiro atoms. The molecule has 2 heterocycles. The second kappa shape index (κ2) is 10.5. The minimum Gasteiger partial charge on any atom is -0.439 e. The molecule has 4 rings (SSSR count). The van der Waals surface area contributed by atoms with E-state index < -0.39 is 0 Å². The van der Waals surface area contributed by atoms with Crippen molar-refractivity contribution in [2.75, 3.05) is 19.7 Å². The van der Waals surface area contributed by atoms with E-state index in [0.717, 1.165) is 36.3 Å². The number of aromatic nitrogens is 2. The van der Waals surface area contributed by atoms with E-state index in [1.165, 1.54) is 12.1 Å². The number of hydrogen-bond acceptors (Lipinski definition) is 4. The molecule has 0 bridgehead atoms. The standard InChI is InChI=1S/C25H29FN4O3/c1-3-27-25(31)30(16-21-10-7-15-32-21)17-22-23(18-8-5-4-6-9-18)28-29(2)24(22)33-20-13-11-19(26)12-14-20/h4-6,8-9,11-14,21H,3,7,10,15-17H2,1-2H3,(H,27,31)/t21-/m1/s1. The van der Waals surface area contributed by atoms with Gasteiger partial charge >= 0.3 is 6.03 Å². The Kier molecular flexibility index (Phi) is 7.24. The van der Waals surface area contributed by atoms with Gasteiger partial charge in [0, 0.05) is 32.3 Å². The van der Waals surface area contributed by atoms with E-state index in [1.807, 2.05) is 37.3 Å². The minimum absolute atomic E-state index is 0.00548. The molecule has 1 atom stereocenters. The summed E-state index contributed by atoms with van der Waals surface area (Å²) in [6.07, 6.45) is 1.92. The highest BCUT2D eigenvalue weighted by Crippen LogP contribution is 2.34. The number of ether oxygens (including phenoxy) is 2. The van der Waals surface area contributed by atoms with E-state index >= 15 is 0 Å². The van der Waals surface area contributed by atoms with Crippen LogP contribution in [0.3, 0.4) is 0 Å². The lowest BCUT2D eigenvalue weighted by molar-refractivity contribution is 0.0794. The predicted octanol–water partition coefficient (Wildman–Crippen LogP) is 4.73. The van der Waals surface area contributed by atoms with Crippen molar-refractivity contribution >= 4 is 6.03 Å². The molecule has 8 heteroatoms. The predicted molar refractivity (Wildman–Crippen MR) is 124 cm³/mol. The fourth-order valence-electron chi connectivity index (χ4n) is 3.97. The molecule has 33 heavy (non-hydrogen) atoms. The molecule has 1 aliphatic heterocycles. The number of rotatable bonds is 8. The average Bonchev–Trinajstić information content (AvgIpc) is 3.44. The monoisotopic (exact) mass is 452 g/mol. The van der Waals surface area contributed by atoms with E-state index in [9.17, 15) is 9.18 Å². The van der Waals surface area contributed by atoms with Crippen LogP contribution in [0.1, 0.15) is 25.3 Å².